The van der Waals surface area contributed by atoms with E-state index < -0.39 is 5.54 Å². The van der Waals surface area contributed by atoms with E-state index in [-0.39, 0.29) is 0 Å². The van der Waals surface area contributed by atoms with Crippen LogP contribution in [0.4, 0.5) is 0 Å². The maximum atomic E-state index is 9.49. The summed E-state index contributed by atoms with van der Waals surface area (Å²) < 4.78 is 0. The molecule has 122 valence electrons. The topological polar surface area (TPSA) is 39.1 Å². The van der Waals surface area contributed by atoms with E-state index in [1.54, 1.807) is 0 Å². The van der Waals surface area contributed by atoms with E-state index in [0.717, 1.165) is 25.3 Å². The third kappa shape index (κ3) is 5.60. The van der Waals surface area contributed by atoms with Gasteiger partial charge in [-0.05, 0) is 71.9 Å². The van der Waals surface area contributed by atoms with Crippen LogP contribution in [-0.4, -0.2) is 36.1 Å². The van der Waals surface area contributed by atoms with E-state index in [1.165, 1.54) is 32.1 Å². The number of hydrogen-bond acceptors (Lipinski definition) is 3. The highest BCUT2D eigenvalue weighted by atomic mass is 15.2. The second-order valence-electron chi connectivity index (χ2n) is 7.17. The minimum Gasteiger partial charge on any atom is -0.301 e. The Hall–Kier alpha value is -0.590. The van der Waals surface area contributed by atoms with E-state index in [9.17, 15) is 5.26 Å². The summed E-state index contributed by atoms with van der Waals surface area (Å²) in [6.07, 6.45) is 8.70. The molecule has 0 saturated heterocycles. The summed E-state index contributed by atoms with van der Waals surface area (Å²) in [7, 11) is 2.25. The van der Waals surface area contributed by atoms with Crippen LogP contribution < -0.4 is 5.32 Å². The molecule has 0 heterocycles. The van der Waals surface area contributed by atoms with E-state index in [4.69, 9.17) is 0 Å². The summed E-state index contributed by atoms with van der Waals surface area (Å²) >= 11 is 0. The van der Waals surface area contributed by atoms with Crippen molar-refractivity contribution in [1.29, 1.82) is 5.26 Å². The van der Waals surface area contributed by atoms with Crippen LogP contribution >= 0.6 is 0 Å². The predicted molar refractivity (Wildman–Crippen MR) is 90.2 cm³/mol. The first-order valence-electron chi connectivity index (χ1n) is 8.84. The lowest BCUT2D eigenvalue weighted by atomic mass is 9.83. The molecular weight excluding hydrogens is 258 g/mol. The van der Waals surface area contributed by atoms with E-state index in [0.29, 0.717) is 12.1 Å². The van der Waals surface area contributed by atoms with Gasteiger partial charge >= 0.3 is 0 Å². The lowest BCUT2D eigenvalue weighted by Gasteiger charge is -2.40. The molecule has 0 aromatic rings. The average Bonchev–Trinajstić information content (AvgIpc) is 2.52. The first kappa shape index (κ1) is 18.5. The Morgan fingerprint density at radius 2 is 1.90 bits per heavy atom. The molecule has 0 aliphatic heterocycles. The van der Waals surface area contributed by atoms with Crippen LogP contribution in [0.25, 0.3) is 0 Å². The highest BCUT2D eigenvalue weighted by Crippen LogP contribution is 2.30. The highest BCUT2D eigenvalue weighted by molar-refractivity contribution is 5.05. The molecule has 1 rings (SSSR count). The quantitative estimate of drug-likeness (QED) is 0.736. The van der Waals surface area contributed by atoms with Gasteiger partial charge in [0.2, 0.25) is 0 Å². The van der Waals surface area contributed by atoms with Crippen LogP contribution in [0.5, 0.6) is 0 Å². The minimum absolute atomic E-state index is 0.399. The molecule has 0 spiro atoms. The second-order valence-corrected chi connectivity index (χ2v) is 7.17. The van der Waals surface area contributed by atoms with Crippen LogP contribution in [0.3, 0.4) is 0 Å². The normalized spacial score (nSPS) is 27.1. The van der Waals surface area contributed by atoms with Crippen LogP contribution in [0, 0.1) is 17.2 Å². The Labute approximate surface area is 132 Å². The Bertz CT molecular complexity index is 328. The Balaban J connectivity index is 2.50. The first-order valence-corrected chi connectivity index (χ1v) is 8.84. The fourth-order valence-electron chi connectivity index (χ4n) is 3.61. The van der Waals surface area contributed by atoms with Crippen molar-refractivity contribution in [3.63, 3.8) is 0 Å². The number of nitriles is 1. The molecule has 0 radical (unpaired) electrons. The Kier molecular flexibility index (Phi) is 7.70. The maximum absolute atomic E-state index is 9.49. The lowest BCUT2D eigenvalue weighted by Crippen LogP contribution is -2.49. The standard InChI is InChI=1S/C18H35N3/c1-6-12-20-18(4,14-19)13-15(3)21(5)17-10-8-16(7-2)9-11-17/h15-17,20H,6-13H2,1-5H3. The molecule has 21 heavy (non-hydrogen) atoms. The zero-order valence-electron chi connectivity index (χ0n) is 14.8. The molecular formula is C18H35N3. The van der Waals surface area contributed by atoms with Crippen molar-refractivity contribution >= 4 is 0 Å². The highest BCUT2D eigenvalue weighted by Gasteiger charge is 2.31. The van der Waals surface area contributed by atoms with Gasteiger partial charge in [0.1, 0.15) is 5.54 Å². The third-order valence-corrected chi connectivity index (χ3v) is 5.38. The summed E-state index contributed by atoms with van der Waals surface area (Å²) in [6, 6.07) is 3.63. The zero-order valence-corrected chi connectivity index (χ0v) is 14.8. The molecule has 3 heteroatoms. The monoisotopic (exact) mass is 293 g/mol. The third-order valence-electron chi connectivity index (χ3n) is 5.38. The van der Waals surface area contributed by atoms with Crippen LogP contribution in [0.2, 0.25) is 0 Å². The molecule has 1 fully saturated rings. The van der Waals surface area contributed by atoms with Gasteiger partial charge in [0.25, 0.3) is 0 Å². The molecule has 0 aromatic heterocycles. The van der Waals surface area contributed by atoms with Gasteiger partial charge in [-0.25, -0.2) is 0 Å². The average molecular weight is 293 g/mol. The van der Waals surface area contributed by atoms with Crippen molar-refractivity contribution in [1.82, 2.24) is 10.2 Å². The molecule has 0 bridgehead atoms. The number of nitrogens with zero attached hydrogens (tertiary/aromatic N) is 2. The van der Waals surface area contributed by atoms with E-state index in [2.05, 4.69) is 44.1 Å². The van der Waals surface area contributed by atoms with Crippen molar-refractivity contribution in [2.45, 2.75) is 90.3 Å². The van der Waals surface area contributed by atoms with Gasteiger partial charge in [0, 0.05) is 12.1 Å². The van der Waals surface area contributed by atoms with Gasteiger partial charge in [-0.3, -0.25) is 5.32 Å². The van der Waals surface area contributed by atoms with Crippen molar-refractivity contribution in [3.8, 4) is 6.07 Å². The molecule has 0 aromatic carbocycles. The number of hydrogen-bond donors (Lipinski definition) is 1. The van der Waals surface area contributed by atoms with Gasteiger partial charge in [0.15, 0.2) is 0 Å². The summed E-state index contributed by atoms with van der Waals surface area (Å²) in [5, 5.41) is 12.9. The number of rotatable bonds is 8. The van der Waals surface area contributed by atoms with Gasteiger partial charge in [-0.15, -0.1) is 0 Å². The maximum Gasteiger partial charge on any atom is 0.105 e. The lowest BCUT2D eigenvalue weighted by molar-refractivity contribution is 0.111. The minimum atomic E-state index is -0.399. The van der Waals surface area contributed by atoms with Crippen LogP contribution in [0.1, 0.15) is 72.6 Å². The van der Waals surface area contributed by atoms with E-state index in [1.807, 2.05) is 6.92 Å². The Morgan fingerprint density at radius 1 is 1.29 bits per heavy atom. The SMILES string of the molecule is CCCNC(C)(C#N)CC(C)N(C)C1CCC(CC)CC1. The summed E-state index contributed by atoms with van der Waals surface area (Å²) in [4.78, 5) is 2.52. The van der Waals surface area contributed by atoms with Crippen molar-refractivity contribution in [2.24, 2.45) is 5.92 Å². The predicted octanol–water partition coefficient (Wildman–Crippen LogP) is 3.95. The molecule has 1 aliphatic rings. The second kappa shape index (κ2) is 8.76. The summed E-state index contributed by atoms with van der Waals surface area (Å²) in [5.74, 6) is 0.945. The van der Waals surface area contributed by atoms with Gasteiger partial charge < -0.3 is 4.90 Å². The molecule has 1 N–H and O–H groups in total. The first-order chi connectivity index (χ1) is 9.95. The molecule has 2 atom stereocenters. The fraction of sp³-hybridized carbons (Fsp3) is 0.944. The van der Waals surface area contributed by atoms with Gasteiger partial charge in [0.05, 0.1) is 6.07 Å². The number of nitrogens with one attached hydrogen (secondary N) is 1. The van der Waals surface area contributed by atoms with E-state index >= 15 is 0 Å². The molecule has 0 amide bonds. The van der Waals surface area contributed by atoms with Crippen molar-refractivity contribution in [2.75, 3.05) is 13.6 Å². The zero-order chi connectivity index (χ0) is 15.9. The molecule has 1 saturated carbocycles. The molecule has 2 unspecified atom stereocenters. The molecule has 1 aliphatic carbocycles. The summed E-state index contributed by atoms with van der Waals surface area (Å²) in [5.41, 5.74) is -0.399. The van der Waals surface area contributed by atoms with Gasteiger partial charge in [-0.2, -0.15) is 5.26 Å². The van der Waals surface area contributed by atoms with Crippen LogP contribution in [0.15, 0.2) is 0 Å². The fourth-order valence-corrected chi connectivity index (χ4v) is 3.61. The van der Waals surface area contributed by atoms with Crippen molar-refractivity contribution < 1.29 is 0 Å². The summed E-state index contributed by atoms with van der Waals surface area (Å²) in [6.45, 7) is 9.69. The van der Waals surface area contributed by atoms with Crippen molar-refractivity contribution in [3.05, 3.63) is 0 Å². The molecule has 3 nitrogen and oxygen atoms in total. The smallest absolute Gasteiger partial charge is 0.105 e. The largest absolute Gasteiger partial charge is 0.301 e. The van der Waals surface area contributed by atoms with Gasteiger partial charge in [-0.1, -0.05) is 20.3 Å². The van der Waals surface area contributed by atoms with Crippen LogP contribution in [-0.2, 0) is 0 Å². The Morgan fingerprint density at radius 3 is 2.38 bits per heavy atom.